The highest BCUT2D eigenvalue weighted by Crippen LogP contribution is 2.39. The Bertz CT molecular complexity index is 1250. The lowest BCUT2D eigenvalue weighted by Gasteiger charge is -2.36. The summed E-state index contributed by atoms with van der Waals surface area (Å²) in [5.41, 5.74) is 3.37. The molecule has 4 rings (SSSR count). The molecule has 4 heterocycles. The van der Waals surface area contributed by atoms with Crippen molar-refractivity contribution in [3.8, 4) is 11.3 Å². The third-order valence-corrected chi connectivity index (χ3v) is 6.43. The van der Waals surface area contributed by atoms with Crippen LogP contribution in [0.25, 0.3) is 22.4 Å². The van der Waals surface area contributed by atoms with Crippen molar-refractivity contribution in [3.63, 3.8) is 0 Å². The van der Waals surface area contributed by atoms with Gasteiger partial charge in [-0.25, -0.2) is 14.8 Å². The molecule has 2 amide bonds. The molecule has 1 aliphatic heterocycles. The number of aryl methyl sites for hydroxylation is 2. The Morgan fingerprint density at radius 1 is 1.31 bits per heavy atom. The average molecular weight is 500 g/mol. The molecule has 0 saturated carbocycles. The van der Waals surface area contributed by atoms with Crippen LogP contribution in [0.15, 0.2) is 22.9 Å². The van der Waals surface area contributed by atoms with Crippen LogP contribution in [0.3, 0.4) is 0 Å². The molecule has 0 spiro atoms. The van der Waals surface area contributed by atoms with Crippen LogP contribution in [0.2, 0.25) is 0 Å². The zero-order valence-corrected chi connectivity index (χ0v) is 21.6. The third kappa shape index (κ3) is 4.80. The normalized spacial score (nSPS) is 17.8. The van der Waals surface area contributed by atoms with Crippen molar-refractivity contribution in [1.82, 2.24) is 19.8 Å². The van der Waals surface area contributed by atoms with Crippen LogP contribution < -0.4 is 4.90 Å². The number of fused-ring (bicyclic) bond motifs is 1. The van der Waals surface area contributed by atoms with E-state index in [9.17, 15) is 9.59 Å². The van der Waals surface area contributed by atoms with Gasteiger partial charge in [0.2, 0.25) is 5.76 Å². The fourth-order valence-electron chi connectivity index (χ4n) is 4.53. The van der Waals surface area contributed by atoms with E-state index < -0.39 is 12.0 Å². The summed E-state index contributed by atoms with van der Waals surface area (Å²) in [7, 11) is 4.70. The molecule has 0 aliphatic carbocycles. The number of aromatic nitrogens is 3. The van der Waals surface area contributed by atoms with Gasteiger partial charge in [-0.05, 0) is 44.7 Å². The van der Waals surface area contributed by atoms with E-state index >= 15 is 0 Å². The van der Waals surface area contributed by atoms with Gasteiger partial charge in [-0.2, -0.15) is 5.10 Å². The van der Waals surface area contributed by atoms with E-state index in [-0.39, 0.29) is 30.2 Å². The first kappa shape index (κ1) is 25.6. The van der Waals surface area contributed by atoms with Gasteiger partial charge < -0.3 is 13.9 Å². The molecule has 0 N–H and O–H groups in total. The Morgan fingerprint density at radius 3 is 2.72 bits per heavy atom. The SMILES string of the molecule is CCOC(=O)N(c1c(C(=O)N(C)OC)oc2cc(C)c(-c3cnn(C)c3)nc12)[C@H]1CCO[C@@H](CC)C1. The number of hydrogen-bond donors (Lipinski definition) is 0. The van der Waals surface area contributed by atoms with Crippen molar-refractivity contribution in [2.75, 3.05) is 32.3 Å². The van der Waals surface area contributed by atoms with Crippen molar-refractivity contribution < 1.29 is 28.3 Å². The maximum absolute atomic E-state index is 13.4. The molecule has 1 fully saturated rings. The van der Waals surface area contributed by atoms with Crippen LogP contribution >= 0.6 is 0 Å². The molecular formula is C25H33N5O6. The summed E-state index contributed by atoms with van der Waals surface area (Å²) in [6, 6.07) is 1.55. The highest BCUT2D eigenvalue weighted by atomic mass is 16.7. The maximum atomic E-state index is 13.4. The number of hydrogen-bond acceptors (Lipinski definition) is 8. The van der Waals surface area contributed by atoms with Crippen LogP contribution in [-0.2, 0) is 21.4 Å². The number of carbonyl (C=O) groups is 2. The number of pyridine rings is 1. The molecule has 1 aliphatic rings. The highest BCUT2D eigenvalue weighted by Gasteiger charge is 2.38. The number of rotatable bonds is 7. The topological polar surface area (TPSA) is 112 Å². The zero-order valence-electron chi connectivity index (χ0n) is 21.6. The summed E-state index contributed by atoms with van der Waals surface area (Å²) in [4.78, 5) is 38.4. The van der Waals surface area contributed by atoms with Crippen LogP contribution in [0, 0.1) is 6.92 Å². The fourth-order valence-corrected chi connectivity index (χ4v) is 4.53. The van der Waals surface area contributed by atoms with E-state index in [1.165, 1.54) is 19.1 Å². The van der Waals surface area contributed by atoms with E-state index in [1.807, 2.05) is 33.2 Å². The molecule has 2 atom stereocenters. The first-order valence-corrected chi connectivity index (χ1v) is 12.1. The summed E-state index contributed by atoms with van der Waals surface area (Å²) in [6.45, 7) is 6.37. The van der Waals surface area contributed by atoms with Gasteiger partial charge in [-0.15, -0.1) is 0 Å². The predicted molar refractivity (Wildman–Crippen MR) is 133 cm³/mol. The van der Waals surface area contributed by atoms with Crippen LogP contribution in [0.5, 0.6) is 0 Å². The summed E-state index contributed by atoms with van der Waals surface area (Å²) in [5, 5.41) is 5.31. The number of carbonyl (C=O) groups excluding carboxylic acids is 2. The molecule has 0 bridgehead atoms. The summed E-state index contributed by atoms with van der Waals surface area (Å²) in [5.74, 6) is -0.586. The maximum Gasteiger partial charge on any atom is 0.414 e. The summed E-state index contributed by atoms with van der Waals surface area (Å²) < 4.78 is 19.1. The predicted octanol–water partition coefficient (Wildman–Crippen LogP) is 4.09. The van der Waals surface area contributed by atoms with Gasteiger partial charge in [0.1, 0.15) is 11.2 Å². The van der Waals surface area contributed by atoms with Gasteiger partial charge in [0.05, 0.1) is 31.7 Å². The molecule has 11 nitrogen and oxygen atoms in total. The fraction of sp³-hybridized carbons (Fsp3) is 0.520. The minimum absolute atomic E-state index is 0.0131. The molecular weight excluding hydrogens is 466 g/mol. The molecule has 3 aromatic heterocycles. The summed E-state index contributed by atoms with van der Waals surface area (Å²) >= 11 is 0. The minimum Gasteiger partial charge on any atom is -0.449 e. The number of anilines is 1. The third-order valence-electron chi connectivity index (χ3n) is 6.43. The molecule has 0 aromatic carbocycles. The lowest BCUT2D eigenvalue weighted by molar-refractivity contribution is -0.0772. The minimum atomic E-state index is -0.568. The number of ether oxygens (including phenoxy) is 2. The number of nitrogens with zero attached hydrogens (tertiary/aromatic N) is 5. The highest BCUT2D eigenvalue weighted by molar-refractivity contribution is 6.10. The first-order chi connectivity index (χ1) is 17.3. The summed E-state index contributed by atoms with van der Waals surface area (Å²) in [6.07, 6.45) is 4.98. The molecule has 0 radical (unpaired) electrons. The zero-order chi connectivity index (χ0) is 26.0. The van der Waals surface area contributed by atoms with E-state index in [4.69, 9.17) is 23.7 Å². The Balaban J connectivity index is 1.97. The molecule has 11 heteroatoms. The Hall–Kier alpha value is -3.44. The van der Waals surface area contributed by atoms with Crippen LogP contribution in [0.4, 0.5) is 10.5 Å². The number of hydroxylamine groups is 2. The van der Waals surface area contributed by atoms with Gasteiger partial charge in [0, 0.05) is 38.5 Å². The lowest BCUT2D eigenvalue weighted by Crippen LogP contribution is -2.47. The standard InChI is InChI=1S/C25H33N5O6/c1-7-18-12-17(9-10-35-18)30(25(32)34-8-2)22-21-19(36-23(22)24(31)29(5)33-6)11-15(3)20(27-21)16-13-26-28(4)14-16/h11,13-14,17-18H,7-10,12H2,1-6H3/t17-,18-/m0/s1. The number of furan rings is 1. The molecule has 1 saturated heterocycles. The Labute approximate surface area is 209 Å². The number of amides is 2. The quantitative estimate of drug-likeness (QED) is 0.447. The van der Waals surface area contributed by atoms with Crippen molar-refractivity contribution in [2.45, 2.75) is 52.2 Å². The smallest absolute Gasteiger partial charge is 0.414 e. The van der Waals surface area contributed by atoms with E-state index in [0.717, 1.165) is 22.6 Å². The molecule has 0 unspecified atom stereocenters. The van der Waals surface area contributed by atoms with E-state index in [0.29, 0.717) is 36.2 Å². The Morgan fingerprint density at radius 2 is 2.08 bits per heavy atom. The van der Waals surface area contributed by atoms with E-state index in [2.05, 4.69) is 5.10 Å². The van der Waals surface area contributed by atoms with E-state index in [1.54, 1.807) is 17.8 Å². The Kier molecular flexibility index (Phi) is 7.60. The van der Waals surface area contributed by atoms with Gasteiger partial charge in [0.25, 0.3) is 0 Å². The monoisotopic (exact) mass is 499 g/mol. The second-order valence-electron chi connectivity index (χ2n) is 8.82. The molecule has 36 heavy (non-hydrogen) atoms. The molecule has 194 valence electrons. The van der Waals surface area contributed by atoms with Gasteiger partial charge >= 0.3 is 12.0 Å². The second-order valence-corrected chi connectivity index (χ2v) is 8.82. The van der Waals surface area contributed by atoms with Gasteiger partial charge in [-0.1, -0.05) is 6.92 Å². The lowest BCUT2D eigenvalue weighted by atomic mass is 9.99. The first-order valence-electron chi connectivity index (χ1n) is 12.1. The van der Waals surface area contributed by atoms with Gasteiger partial charge in [-0.3, -0.25) is 19.2 Å². The van der Waals surface area contributed by atoms with Gasteiger partial charge in [0.15, 0.2) is 5.58 Å². The van der Waals surface area contributed by atoms with Crippen molar-refractivity contribution >= 4 is 28.8 Å². The average Bonchev–Trinajstić information content (AvgIpc) is 3.46. The van der Waals surface area contributed by atoms with Crippen molar-refractivity contribution in [1.29, 1.82) is 0 Å². The van der Waals surface area contributed by atoms with Crippen LogP contribution in [0.1, 0.15) is 49.2 Å². The second kappa shape index (κ2) is 10.7. The molecule has 3 aromatic rings. The van der Waals surface area contributed by atoms with Crippen molar-refractivity contribution in [3.05, 3.63) is 29.8 Å². The van der Waals surface area contributed by atoms with Crippen LogP contribution in [-0.4, -0.2) is 71.3 Å². The largest absolute Gasteiger partial charge is 0.449 e. The van der Waals surface area contributed by atoms with Crippen molar-refractivity contribution in [2.24, 2.45) is 7.05 Å².